The maximum absolute atomic E-state index is 13.0. The first kappa shape index (κ1) is 27.9. The molecule has 200 valence electrons. The van der Waals surface area contributed by atoms with Gasteiger partial charge in [0, 0.05) is 11.4 Å². The molecule has 2 unspecified atom stereocenters. The Balaban J connectivity index is 1.41. The first-order chi connectivity index (χ1) is 17.5. The third-order valence-corrected chi connectivity index (χ3v) is 7.95. The molecule has 3 aliphatic rings. The van der Waals surface area contributed by atoms with Crippen molar-refractivity contribution in [3.8, 4) is 0 Å². The van der Waals surface area contributed by atoms with E-state index in [0.29, 0.717) is 22.9 Å². The second-order valence-corrected chi connectivity index (χ2v) is 12.7. The summed E-state index contributed by atoms with van der Waals surface area (Å²) >= 11 is 18.4. The molecule has 1 aromatic rings. The molecule has 3 amide bonds. The van der Waals surface area contributed by atoms with Crippen molar-refractivity contribution in [1.82, 2.24) is 10.2 Å². The first-order valence-electron chi connectivity index (χ1n) is 11.7. The number of ether oxygens (including phenoxy) is 2. The highest BCUT2D eigenvalue weighted by Crippen LogP contribution is 2.41. The summed E-state index contributed by atoms with van der Waals surface area (Å²) in [7, 11) is 0. The average molecular weight is 591 g/mol. The number of hydrogen-bond donors (Lipinski definition) is 1. The van der Waals surface area contributed by atoms with Gasteiger partial charge in [0.05, 0.1) is 0 Å². The zero-order valence-electron chi connectivity index (χ0n) is 20.1. The number of β-lactam (4-membered cyclic amide) rings is 1. The van der Waals surface area contributed by atoms with Crippen LogP contribution in [0.15, 0.2) is 41.6 Å². The van der Waals surface area contributed by atoms with Gasteiger partial charge in [-0.15, -0.1) is 11.8 Å². The third-order valence-electron chi connectivity index (χ3n) is 6.20. The Labute approximate surface area is 233 Å². The molecule has 4 rings (SSSR count). The second-order valence-electron chi connectivity index (χ2n) is 9.12. The Morgan fingerprint density at radius 1 is 1.22 bits per heavy atom. The summed E-state index contributed by atoms with van der Waals surface area (Å²) in [5.74, 6) is -1.01. The molecule has 0 aromatic heterocycles. The second kappa shape index (κ2) is 11.3. The van der Waals surface area contributed by atoms with E-state index in [9.17, 15) is 19.2 Å². The number of alkyl halides is 3. The van der Waals surface area contributed by atoms with E-state index >= 15 is 0 Å². The standard InChI is InChI=1S/C24H26Cl3N3O6S/c1-13-11-37-21-18(20(32)30(21)19(13)22(33)35-12-24(25,26)27)28-17(31)10-29(16-6-4-3-5-7-16)23(34)36-14(2)15-8-9-15/h3-7,14-15,18,21H,8-12H2,1-2H3,(H,28,31)/t14?,18?,21-/m0/s1. The number of amides is 3. The summed E-state index contributed by atoms with van der Waals surface area (Å²) in [4.78, 5) is 54.1. The van der Waals surface area contributed by atoms with Crippen LogP contribution in [0.1, 0.15) is 26.7 Å². The zero-order chi connectivity index (χ0) is 26.9. The van der Waals surface area contributed by atoms with Crippen LogP contribution in [0.2, 0.25) is 0 Å². The van der Waals surface area contributed by atoms with Crippen LogP contribution < -0.4 is 10.2 Å². The van der Waals surface area contributed by atoms with Crippen molar-refractivity contribution in [2.75, 3.05) is 23.8 Å². The maximum Gasteiger partial charge on any atom is 0.415 e. The van der Waals surface area contributed by atoms with Crippen LogP contribution in [0.5, 0.6) is 0 Å². The van der Waals surface area contributed by atoms with Crippen molar-refractivity contribution in [3.05, 3.63) is 41.6 Å². The quantitative estimate of drug-likeness (QED) is 0.277. The molecule has 9 nitrogen and oxygen atoms in total. The molecule has 2 heterocycles. The van der Waals surface area contributed by atoms with Crippen molar-refractivity contribution in [3.63, 3.8) is 0 Å². The number of para-hydroxylation sites is 1. The van der Waals surface area contributed by atoms with Crippen LogP contribution in [-0.2, 0) is 23.9 Å². The van der Waals surface area contributed by atoms with E-state index in [1.54, 1.807) is 37.3 Å². The van der Waals surface area contributed by atoms with Gasteiger partial charge in [0.1, 0.15) is 36.4 Å². The largest absolute Gasteiger partial charge is 0.456 e. The van der Waals surface area contributed by atoms with Crippen LogP contribution in [0, 0.1) is 5.92 Å². The van der Waals surface area contributed by atoms with Gasteiger partial charge in [-0.05, 0) is 50.3 Å². The van der Waals surface area contributed by atoms with Gasteiger partial charge < -0.3 is 14.8 Å². The Bertz CT molecular complexity index is 1110. The van der Waals surface area contributed by atoms with Crippen molar-refractivity contribution in [1.29, 1.82) is 0 Å². The van der Waals surface area contributed by atoms with E-state index in [-0.39, 0.29) is 18.3 Å². The number of carbonyl (C=O) groups is 4. The lowest BCUT2D eigenvalue weighted by atomic mass is 10.0. The topological polar surface area (TPSA) is 105 Å². The van der Waals surface area contributed by atoms with Gasteiger partial charge in [-0.1, -0.05) is 53.0 Å². The molecule has 2 fully saturated rings. The lowest BCUT2D eigenvalue weighted by molar-refractivity contribution is -0.152. The molecule has 3 atom stereocenters. The number of nitrogens with zero attached hydrogens (tertiary/aromatic N) is 2. The fourth-order valence-corrected chi connectivity index (χ4v) is 5.55. The highest BCUT2D eigenvalue weighted by Gasteiger charge is 2.54. The van der Waals surface area contributed by atoms with Crippen molar-refractivity contribution < 1.29 is 28.7 Å². The lowest BCUT2D eigenvalue weighted by Crippen LogP contribution is -2.71. The predicted molar refractivity (Wildman–Crippen MR) is 141 cm³/mol. The Hall–Kier alpha value is -2.14. The van der Waals surface area contributed by atoms with Gasteiger partial charge in [-0.3, -0.25) is 19.4 Å². The molecule has 1 N–H and O–H groups in total. The average Bonchev–Trinajstić information content (AvgIpc) is 3.70. The molecule has 1 saturated carbocycles. The van der Waals surface area contributed by atoms with Crippen LogP contribution in [-0.4, -0.2) is 69.0 Å². The fourth-order valence-electron chi connectivity index (χ4n) is 4.09. The molecular formula is C24H26Cl3N3O6S. The molecule has 13 heteroatoms. The summed E-state index contributed by atoms with van der Waals surface area (Å²) in [5.41, 5.74) is 1.21. The highest BCUT2D eigenvalue weighted by atomic mass is 35.6. The van der Waals surface area contributed by atoms with Crippen molar-refractivity contribution in [2.45, 2.75) is 48.0 Å². The number of benzene rings is 1. The first-order valence-corrected chi connectivity index (χ1v) is 13.9. The predicted octanol–water partition coefficient (Wildman–Crippen LogP) is 4.02. The lowest BCUT2D eigenvalue weighted by Gasteiger charge is -2.49. The van der Waals surface area contributed by atoms with Crippen molar-refractivity contribution in [2.24, 2.45) is 5.92 Å². The van der Waals surface area contributed by atoms with Crippen LogP contribution in [0.3, 0.4) is 0 Å². The zero-order valence-corrected chi connectivity index (χ0v) is 23.2. The van der Waals surface area contributed by atoms with E-state index < -0.39 is 45.7 Å². The molecule has 0 bridgehead atoms. The summed E-state index contributed by atoms with van der Waals surface area (Å²) < 4.78 is 8.87. The van der Waals surface area contributed by atoms with E-state index in [1.807, 2.05) is 6.92 Å². The minimum absolute atomic E-state index is 0.0806. The molecular weight excluding hydrogens is 565 g/mol. The SMILES string of the molecule is CC1=C(C(=O)OCC(Cl)(Cl)Cl)N2C(=O)C(NC(=O)CN(C(=O)OC(C)C3CC3)c3ccccc3)[C@@H]2SC1. The Morgan fingerprint density at radius 3 is 2.51 bits per heavy atom. The van der Waals surface area contributed by atoms with Gasteiger partial charge in [0.2, 0.25) is 9.70 Å². The van der Waals surface area contributed by atoms with E-state index in [4.69, 9.17) is 44.3 Å². The van der Waals surface area contributed by atoms with Gasteiger partial charge >= 0.3 is 12.1 Å². The molecule has 2 aliphatic heterocycles. The minimum Gasteiger partial charge on any atom is -0.456 e. The summed E-state index contributed by atoms with van der Waals surface area (Å²) in [6.45, 7) is 2.74. The molecule has 1 saturated heterocycles. The highest BCUT2D eigenvalue weighted by molar-refractivity contribution is 8.00. The van der Waals surface area contributed by atoms with E-state index in [2.05, 4.69) is 5.32 Å². The van der Waals surface area contributed by atoms with E-state index in [0.717, 1.165) is 12.8 Å². The number of halogens is 3. The number of esters is 1. The van der Waals surface area contributed by atoms with Crippen molar-refractivity contribution >= 4 is 76.1 Å². The molecule has 37 heavy (non-hydrogen) atoms. The fraction of sp³-hybridized carbons (Fsp3) is 0.500. The monoisotopic (exact) mass is 589 g/mol. The van der Waals surface area contributed by atoms with E-state index in [1.165, 1.54) is 21.6 Å². The number of rotatable bonds is 8. The molecule has 1 aromatic carbocycles. The van der Waals surface area contributed by atoms with Gasteiger partial charge in [0.15, 0.2) is 0 Å². The summed E-state index contributed by atoms with van der Waals surface area (Å²) in [6.07, 6.45) is 1.13. The Morgan fingerprint density at radius 2 is 1.89 bits per heavy atom. The number of anilines is 1. The summed E-state index contributed by atoms with van der Waals surface area (Å²) in [6, 6.07) is 7.83. The molecule has 1 aliphatic carbocycles. The number of thioether (sulfide) groups is 1. The normalized spacial score (nSPS) is 22.0. The molecule has 0 radical (unpaired) electrons. The van der Waals surface area contributed by atoms with Gasteiger partial charge in [-0.2, -0.15) is 0 Å². The Kier molecular flexibility index (Phi) is 8.52. The van der Waals surface area contributed by atoms with Crippen LogP contribution in [0.4, 0.5) is 10.5 Å². The van der Waals surface area contributed by atoms with Crippen LogP contribution in [0.25, 0.3) is 0 Å². The van der Waals surface area contributed by atoms with Crippen LogP contribution >= 0.6 is 46.6 Å². The molecule has 0 spiro atoms. The number of fused-ring (bicyclic) bond motifs is 1. The maximum atomic E-state index is 13.0. The van der Waals surface area contributed by atoms with Gasteiger partial charge in [-0.25, -0.2) is 9.59 Å². The number of carbonyl (C=O) groups excluding carboxylic acids is 4. The smallest absolute Gasteiger partial charge is 0.415 e. The van der Waals surface area contributed by atoms with Gasteiger partial charge in [0.25, 0.3) is 5.91 Å². The number of hydrogen-bond acceptors (Lipinski definition) is 7. The summed E-state index contributed by atoms with van der Waals surface area (Å²) in [5, 5.41) is 2.19. The minimum atomic E-state index is -1.79. The third kappa shape index (κ3) is 6.66. The number of nitrogens with one attached hydrogen (secondary N) is 1.